The van der Waals surface area contributed by atoms with Crippen molar-refractivity contribution in [3.05, 3.63) is 16.3 Å². The zero-order valence-electron chi connectivity index (χ0n) is 15.3. The number of nitrogens with zero attached hydrogens (tertiary/aromatic N) is 3. The third-order valence-electron chi connectivity index (χ3n) is 5.78. The van der Waals surface area contributed by atoms with Crippen molar-refractivity contribution in [2.45, 2.75) is 45.1 Å². The third-order valence-corrected chi connectivity index (χ3v) is 6.97. The van der Waals surface area contributed by atoms with E-state index in [1.54, 1.807) is 0 Å². The lowest BCUT2D eigenvalue weighted by Crippen LogP contribution is -3.16. The molecule has 0 radical (unpaired) electrons. The Labute approximate surface area is 157 Å². The van der Waals surface area contributed by atoms with Gasteiger partial charge in [0.1, 0.15) is 16.5 Å². The molecule has 0 unspecified atom stereocenters. The normalized spacial score (nSPS) is 20.6. The van der Waals surface area contributed by atoms with Gasteiger partial charge in [0.25, 0.3) is 5.91 Å². The second-order valence-corrected chi connectivity index (χ2v) is 8.97. The summed E-state index contributed by atoms with van der Waals surface area (Å²) in [5.41, 5.74) is 1.50. The van der Waals surface area contributed by atoms with Crippen LogP contribution in [0.25, 0.3) is 10.2 Å². The number of aromatic nitrogens is 2. The number of aryl methyl sites for hydroxylation is 3. The number of quaternary nitrogens is 1. The predicted molar refractivity (Wildman–Crippen MR) is 103 cm³/mol. The molecule has 6 nitrogen and oxygen atoms in total. The first-order valence-electron chi connectivity index (χ1n) is 9.84. The minimum Gasteiger partial charge on any atom is -0.348 e. The van der Waals surface area contributed by atoms with Gasteiger partial charge < -0.3 is 15.1 Å². The molecule has 0 aromatic carbocycles. The van der Waals surface area contributed by atoms with Crippen molar-refractivity contribution in [3.8, 4) is 0 Å². The first kappa shape index (κ1) is 16.4. The van der Waals surface area contributed by atoms with Crippen LogP contribution < -0.4 is 15.1 Å². The molecular weight excluding hydrogens is 346 g/mol. The Hall–Kier alpha value is -1.73. The van der Waals surface area contributed by atoms with Gasteiger partial charge in [0.15, 0.2) is 6.54 Å². The third kappa shape index (κ3) is 3.07. The molecule has 2 fully saturated rings. The summed E-state index contributed by atoms with van der Waals surface area (Å²) in [6.07, 6.45) is 5.94. The highest BCUT2D eigenvalue weighted by Gasteiger charge is 2.29. The first-order valence-corrected chi connectivity index (χ1v) is 10.7. The number of carbonyl (C=O) groups is 1. The molecule has 2 aromatic heterocycles. The van der Waals surface area contributed by atoms with E-state index in [1.807, 2.05) is 18.3 Å². The molecule has 7 heteroatoms. The Kier molecular flexibility index (Phi) is 4.09. The number of carbonyl (C=O) groups excluding carboxylic acids is 1. The molecule has 0 bridgehead atoms. The molecule has 2 aromatic rings. The molecule has 0 atom stereocenters. The molecular formula is C19H26N5OS+. The fourth-order valence-corrected chi connectivity index (χ4v) is 5.56. The van der Waals surface area contributed by atoms with E-state index in [4.69, 9.17) is 9.97 Å². The van der Waals surface area contributed by atoms with Gasteiger partial charge >= 0.3 is 0 Å². The maximum Gasteiger partial charge on any atom is 0.275 e. The van der Waals surface area contributed by atoms with E-state index in [0.717, 1.165) is 55.5 Å². The van der Waals surface area contributed by atoms with Crippen LogP contribution >= 0.6 is 11.3 Å². The van der Waals surface area contributed by atoms with Gasteiger partial charge in [0.05, 0.1) is 31.6 Å². The summed E-state index contributed by atoms with van der Waals surface area (Å²) >= 11 is 1.86. The van der Waals surface area contributed by atoms with Crippen LogP contribution in [0.3, 0.4) is 0 Å². The van der Waals surface area contributed by atoms with E-state index in [-0.39, 0.29) is 5.91 Å². The largest absolute Gasteiger partial charge is 0.348 e. The smallest absolute Gasteiger partial charge is 0.275 e. The number of thiophene rings is 1. The fraction of sp³-hybridized carbons (Fsp3) is 0.632. The van der Waals surface area contributed by atoms with Crippen LogP contribution in [0.5, 0.6) is 0 Å². The summed E-state index contributed by atoms with van der Waals surface area (Å²) in [5.74, 6) is 2.21. The average Bonchev–Trinajstić information content (AvgIpc) is 3.18. The van der Waals surface area contributed by atoms with Gasteiger partial charge in [0.2, 0.25) is 0 Å². The summed E-state index contributed by atoms with van der Waals surface area (Å²) in [6, 6.07) is 0.459. The number of hydrogen-bond donors (Lipinski definition) is 2. The van der Waals surface area contributed by atoms with Crippen molar-refractivity contribution >= 4 is 33.3 Å². The van der Waals surface area contributed by atoms with Crippen molar-refractivity contribution in [2.24, 2.45) is 0 Å². The molecule has 0 spiro atoms. The Morgan fingerprint density at radius 3 is 2.85 bits per heavy atom. The standard InChI is InChI=1S/C19H25N5OS/c1-12-20-18(17-14-3-2-4-15(14)26-19(17)21-12)24-9-7-23(8-10-24)11-16(25)22-13-5-6-13/h13H,2-11H2,1H3,(H,22,25)/p+1. The molecule has 1 aliphatic heterocycles. The maximum absolute atomic E-state index is 12.1. The van der Waals surface area contributed by atoms with E-state index < -0.39 is 0 Å². The summed E-state index contributed by atoms with van der Waals surface area (Å²) in [5, 5.41) is 4.42. The van der Waals surface area contributed by atoms with E-state index in [1.165, 1.54) is 40.0 Å². The molecule has 2 N–H and O–H groups in total. The van der Waals surface area contributed by atoms with Crippen LogP contribution in [0.2, 0.25) is 0 Å². The number of piperazine rings is 1. The first-order chi connectivity index (χ1) is 12.7. The highest BCUT2D eigenvalue weighted by Crippen LogP contribution is 2.40. The number of rotatable bonds is 4. The van der Waals surface area contributed by atoms with E-state index in [9.17, 15) is 4.79 Å². The molecule has 138 valence electrons. The fourth-order valence-electron chi connectivity index (χ4n) is 4.25. The van der Waals surface area contributed by atoms with Gasteiger partial charge in [0, 0.05) is 10.9 Å². The second kappa shape index (κ2) is 6.46. The van der Waals surface area contributed by atoms with Crippen LogP contribution in [-0.4, -0.2) is 54.6 Å². The average molecular weight is 373 g/mol. The van der Waals surface area contributed by atoms with Crippen molar-refractivity contribution < 1.29 is 9.69 Å². The van der Waals surface area contributed by atoms with Gasteiger partial charge in [-0.3, -0.25) is 4.79 Å². The van der Waals surface area contributed by atoms with Crippen molar-refractivity contribution in [1.29, 1.82) is 0 Å². The molecule has 1 amide bonds. The van der Waals surface area contributed by atoms with Gasteiger partial charge in [-0.2, -0.15) is 0 Å². The quantitative estimate of drug-likeness (QED) is 0.819. The molecule has 2 aliphatic carbocycles. The molecule has 1 saturated heterocycles. The number of nitrogens with one attached hydrogen (secondary N) is 2. The Bertz CT molecular complexity index is 851. The van der Waals surface area contributed by atoms with Crippen molar-refractivity contribution in [2.75, 3.05) is 37.6 Å². The molecule has 3 aliphatic rings. The summed E-state index contributed by atoms with van der Waals surface area (Å²) < 4.78 is 0. The lowest BCUT2D eigenvalue weighted by atomic mass is 10.1. The van der Waals surface area contributed by atoms with Gasteiger partial charge in [-0.05, 0) is 44.6 Å². The molecule has 3 heterocycles. The molecule has 1 saturated carbocycles. The maximum atomic E-state index is 12.1. The SMILES string of the molecule is Cc1nc(N2CC[NH+](CC(=O)NC3CC3)CC2)c2c3c(sc2n1)CCC3. The molecule has 26 heavy (non-hydrogen) atoms. The minimum atomic E-state index is 0.215. The summed E-state index contributed by atoms with van der Waals surface area (Å²) in [6.45, 7) is 6.52. The van der Waals surface area contributed by atoms with Crippen LogP contribution in [0.15, 0.2) is 0 Å². The number of anilines is 1. The van der Waals surface area contributed by atoms with Gasteiger partial charge in [-0.25, -0.2) is 9.97 Å². The van der Waals surface area contributed by atoms with Crippen LogP contribution in [-0.2, 0) is 17.6 Å². The zero-order chi connectivity index (χ0) is 17.7. The predicted octanol–water partition coefficient (Wildman–Crippen LogP) is 0.472. The van der Waals surface area contributed by atoms with Crippen LogP contribution in [0, 0.1) is 6.92 Å². The highest BCUT2D eigenvalue weighted by molar-refractivity contribution is 7.19. The monoisotopic (exact) mass is 372 g/mol. The van der Waals surface area contributed by atoms with E-state index in [2.05, 4.69) is 10.2 Å². The van der Waals surface area contributed by atoms with Gasteiger partial charge in [-0.15, -0.1) is 11.3 Å². The highest BCUT2D eigenvalue weighted by atomic mass is 32.1. The van der Waals surface area contributed by atoms with E-state index >= 15 is 0 Å². The lowest BCUT2D eigenvalue weighted by molar-refractivity contribution is -0.892. The number of hydrogen-bond acceptors (Lipinski definition) is 5. The number of amides is 1. The second-order valence-electron chi connectivity index (χ2n) is 7.89. The zero-order valence-corrected chi connectivity index (χ0v) is 16.1. The van der Waals surface area contributed by atoms with Crippen LogP contribution in [0.4, 0.5) is 5.82 Å². The minimum absolute atomic E-state index is 0.215. The van der Waals surface area contributed by atoms with Crippen LogP contribution in [0.1, 0.15) is 35.5 Å². The topological polar surface area (TPSA) is 62.6 Å². The summed E-state index contributed by atoms with van der Waals surface area (Å²) in [7, 11) is 0. The van der Waals surface area contributed by atoms with Crippen molar-refractivity contribution in [3.63, 3.8) is 0 Å². The number of fused-ring (bicyclic) bond motifs is 3. The Morgan fingerprint density at radius 2 is 2.08 bits per heavy atom. The summed E-state index contributed by atoms with van der Waals surface area (Å²) in [4.78, 5) is 28.1. The van der Waals surface area contributed by atoms with Crippen molar-refractivity contribution in [1.82, 2.24) is 15.3 Å². The Balaban J connectivity index is 1.32. The Morgan fingerprint density at radius 1 is 1.27 bits per heavy atom. The lowest BCUT2D eigenvalue weighted by Gasteiger charge is -2.33. The van der Waals surface area contributed by atoms with E-state index in [0.29, 0.717) is 12.6 Å². The van der Waals surface area contributed by atoms with Gasteiger partial charge in [-0.1, -0.05) is 0 Å². The molecule has 5 rings (SSSR count).